The van der Waals surface area contributed by atoms with Crippen LogP contribution in [0.3, 0.4) is 0 Å². The highest BCUT2D eigenvalue weighted by Gasteiger charge is 2.29. The standard InChI is InChI=1S/C26H28N4O3/c1-33-26(32)21-13-14-27-23(19-21)29-15-8-16-30(18-17-29)24(20-9-4-2-5-10-20)25(31)28-22-11-6-3-7-12-22/h2-7,9-14,19,24H,8,15-18H2,1H3,(H,28,31)/t24-/m0/s1. The molecular formula is C26H28N4O3. The second kappa shape index (κ2) is 10.7. The SMILES string of the molecule is COC(=O)c1ccnc(N2CCCN([C@H](C(=O)Nc3ccccc3)c3ccccc3)CC2)c1. The Hall–Kier alpha value is -3.71. The fraction of sp³-hybridized carbons (Fsp3) is 0.269. The lowest BCUT2D eigenvalue weighted by Gasteiger charge is -2.30. The van der Waals surface area contributed by atoms with E-state index in [2.05, 4.69) is 20.1 Å². The van der Waals surface area contributed by atoms with Gasteiger partial charge in [-0.1, -0.05) is 48.5 Å². The molecule has 1 aliphatic heterocycles. The topological polar surface area (TPSA) is 74.8 Å². The lowest BCUT2D eigenvalue weighted by molar-refractivity contribution is -0.121. The van der Waals surface area contributed by atoms with Crippen molar-refractivity contribution in [1.82, 2.24) is 9.88 Å². The number of rotatable bonds is 6. The molecule has 0 saturated carbocycles. The number of hydrogen-bond acceptors (Lipinski definition) is 6. The van der Waals surface area contributed by atoms with E-state index in [-0.39, 0.29) is 11.9 Å². The van der Waals surface area contributed by atoms with Crippen LogP contribution in [0.5, 0.6) is 0 Å². The van der Waals surface area contributed by atoms with E-state index in [1.807, 2.05) is 60.7 Å². The van der Waals surface area contributed by atoms with Crippen LogP contribution >= 0.6 is 0 Å². The zero-order valence-electron chi connectivity index (χ0n) is 18.7. The summed E-state index contributed by atoms with van der Waals surface area (Å²) < 4.78 is 4.84. The molecule has 1 aromatic heterocycles. The molecule has 1 atom stereocenters. The Morgan fingerprint density at radius 1 is 0.939 bits per heavy atom. The number of para-hydroxylation sites is 1. The number of hydrogen-bond donors (Lipinski definition) is 1. The van der Waals surface area contributed by atoms with Gasteiger partial charge in [0.15, 0.2) is 0 Å². The molecule has 7 nitrogen and oxygen atoms in total. The molecular weight excluding hydrogens is 416 g/mol. The Balaban J connectivity index is 1.53. The van der Waals surface area contributed by atoms with Crippen LogP contribution in [-0.2, 0) is 9.53 Å². The van der Waals surface area contributed by atoms with Gasteiger partial charge in [-0.2, -0.15) is 0 Å². The van der Waals surface area contributed by atoms with Crippen molar-refractivity contribution in [2.45, 2.75) is 12.5 Å². The molecule has 0 unspecified atom stereocenters. The van der Waals surface area contributed by atoms with Gasteiger partial charge in [0.25, 0.3) is 0 Å². The molecule has 1 aliphatic rings. The number of esters is 1. The molecule has 33 heavy (non-hydrogen) atoms. The second-order valence-corrected chi connectivity index (χ2v) is 7.94. The van der Waals surface area contributed by atoms with Gasteiger partial charge in [0.2, 0.25) is 5.91 Å². The lowest BCUT2D eigenvalue weighted by Crippen LogP contribution is -2.39. The zero-order chi connectivity index (χ0) is 23.0. The first-order chi connectivity index (χ1) is 16.2. The van der Waals surface area contributed by atoms with Crippen molar-refractivity contribution in [1.29, 1.82) is 0 Å². The molecule has 4 rings (SSSR count). The molecule has 2 heterocycles. The number of ether oxygens (including phenoxy) is 1. The number of nitrogens with one attached hydrogen (secondary N) is 1. The lowest BCUT2D eigenvalue weighted by atomic mass is 10.0. The fourth-order valence-electron chi connectivity index (χ4n) is 4.16. The van der Waals surface area contributed by atoms with Crippen LogP contribution in [0.2, 0.25) is 0 Å². The summed E-state index contributed by atoms with van der Waals surface area (Å²) in [4.78, 5) is 34.2. The van der Waals surface area contributed by atoms with Gasteiger partial charge in [0, 0.05) is 38.1 Å². The highest BCUT2D eigenvalue weighted by molar-refractivity contribution is 5.95. The molecule has 0 spiro atoms. The Bertz CT molecular complexity index is 1080. The number of aromatic nitrogens is 1. The Morgan fingerprint density at radius 2 is 1.67 bits per heavy atom. The maximum atomic E-state index is 13.4. The van der Waals surface area contributed by atoms with Gasteiger partial charge in [-0.3, -0.25) is 9.69 Å². The highest BCUT2D eigenvalue weighted by Crippen LogP contribution is 2.25. The Morgan fingerprint density at radius 3 is 2.39 bits per heavy atom. The summed E-state index contributed by atoms with van der Waals surface area (Å²) in [5.41, 5.74) is 2.22. The van der Waals surface area contributed by atoms with E-state index in [1.54, 1.807) is 18.3 Å². The van der Waals surface area contributed by atoms with Crippen LogP contribution in [0.25, 0.3) is 0 Å². The number of carbonyl (C=O) groups excluding carboxylic acids is 2. The first-order valence-corrected chi connectivity index (χ1v) is 11.1. The van der Waals surface area contributed by atoms with Gasteiger partial charge in [-0.15, -0.1) is 0 Å². The van der Waals surface area contributed by atoms with Gasteiger partial charge in [0.1, 0.15) is 11.9 Å². The second-order valence-electron chi connectivity index (χ2n) is 7.94. The summed E-state index contributed by atoms with van der Waals surface area (Å²) in [5.74, 6) is 0.313. The normalized spacial score (nSPS) is 15.4. The average molecular weight is 445 g/mol. The third-order valence-corrected chi connectivity index (χ3v) is 5.79. The van der Waals surface area contributed by atoms with E-state index < -0.39 is 6.04 Å². The summed E-state index contributed by atoms with van der Waals surface area (Å²) in [6.07, 6.45) is 2.50. The van der Waals surface area contributed by atoms with E-state index in [4.69, 9.17) is 4.74 Å². The number of carbonyl (C=O) groups is 2. The van der Waals surface area contributed by atoms with Crippen molar-refractivity contribution in [3.8, 4) is 0 Å². The first-order valence-electron chi connectivity index (χ1n) is 11.1. The van der Waals surface area contributed by atoms with Crippen molar-refractivity contribution in [2.24, 2.45) is 0 Å². The molecule has 3 aromatic rings. The summed E-state index contributed by atoms with van der Waals surface area (Å²) in [7, 11) is 1.37. The first kappa shape index (κ1) is 22.5. The number of benzene rings is 2. The van der Waals surface area contributed by atoms with Crippen LogP contribution in [0.4, 0.5) is 11.5 Å². The van der Waals surface area contributed by atoms with E-state index in [0.29, 0.717) is 18.7 Å². The summed E-state index contributed by atoms with van der Waals surface area (Å²) in [6.45, 7) is 2.94. The van der Waals surface area contributed by atoms with Crippen LogP contribution < -0.4 is 10.2 Å². The molecule has 1 saturated heterocycles. The van der Waals surface area contributed by atoms with Crippen molar-refractivity contribution in [3.63, 3.8) is 0 Å². The number of amides is 1. The van der Waals surface area contributed by atoms with Gasteiger partial charge in [-0.05, 0) is 36.2 Å². The molecule has 0 bridgehead atoms. The van der Waals surface area contributed by atoms with Crippen molar-refractivity contribution in [2.75, 3.05) is 43.5 Å². The molecule has 0 radical (unpaired) electrons. The predicted molar refractivity (Wildman–Crippen MR) is 128 cm³/mol. The zero-order valence-corrected chi connectivity index (χ0v) is 18.7. The van der Waals surface area contributed by atoms with E-state index in [0.717, 1.165) is 36.6 Å². The van der Waals surface area contributed by atoms with Crippen LogP contribution in [0, 0.1) is 0 Å². The summed E-state index contributed by atoms with van der Waals surface area (Å²) in [5, 5.41) is 3.07. The molecule has 1 amide bonds. The maximum absolute atomic E-state index is 13.4. The van der Waals surface area contributed by atoms with Crippen LogP contribution in [-0.4, -0.2) is 55.0 Å². The number of anilines is 2. The van der Waals surface area contributed by atoms with Gasteiger partial charge in [0.05, 0.1) is 12.7 Å². The number of nitrogens with zero attached hydrogens (tertiary/aromatic N) is 3. The van der Waals surface area contributed by atoms with Gasteiger partial charge >= 0.3 is 5.97 Å². The van der Waals surface area contributed by atoms with Crippen molar-refractivity contribution < 1.29 is 14.3 Å². The molecule has 7 heteroatoms. The van der Waals surface area contributed by atoms with E-state index in [9.17, 15) is 9.59 Å². The largest absolute Gasteiger partial charge is 0.465 e. The number of pyridine rings is 1. The van der Waals surface area contributed by atoms with E-state index >= 15 is 0 Å². The van der Waals surface area contributed by atoms with Gasteiger partial charge in [-0.25, -0.2) is 9.78 Å². The monoisotopic (exact) mass is 444 g/mol. The summed E-state index contributed by atoms with van der Waals surface area (Å²) >= 11 is 0. The third-order valence-electron chi connectivity index (χ3n) is 5.79. The molecule has 2 aromatic carbocycles. The highest BCUT2D eigenvalue weighted by atomic mass is 16.5. The van der Waals surface area contributed by atoms with Crippen LogP contribution in [0.15, 0.2) is 79.0 Å². The van der Waals surface area contributed by atoms with Crippen molar-refractivity contribution >= 4 is 23.4 Å². The molecule has 1 N–H and O–H groups in total. The van der Waals surface area contributed by atoms with Crippen LogP contribution in [0.1, 0.15) is 28.4 Å². The van der Waals surface area contributed by atoms with Gasteiger partial charge < -0.3 is 15.0 Å². The minimum atomic E-state index is -0.402. The maximum Gasteiger partial charge on any atom is 0.338 e. The third kappa shape index (κ3) is 5.56. The smallest absolute Gasteiger partial charge is 0.338 e. The quantitative estimate of drug-likeness (QED) is 0.584. The number of methoxy groups -OCH3 is 1. The average Bonchev–Trinajstić information content (AvgIpc) is 3.11. The molecule has 0 aliphatic carbocycles. The predicted octanol–water partition coefficient (Wildman–Crippen LogP) is 3.76. The minimum absolute atomic E-state index is 0.0494. The minimum Gasteiger partial charge on any atom is -0.465 e. The van der Waals surface area contributed by atoms with E-state index in [1.165, 1.54) is 7.11 Å². The van der Waals surface area contributed by atoms with Crippen molar-refractivity contribution in [3.05, 3.63) is 90.1 Å². The molecule has 170 valence electrons. The Kier molecular flexibility index (Phi) is 7.32. The summed E-state index contributed by atoms with van der Waals surface area (Å²) in [6, 6.07) is 22.4. The molecule has 1 fully saturated rings. The Labute approximate surface area is 194 Å². The fourth-order valence-corrected chi connectivity index (χ4v) is 4.16.